The second kappa shape index (κ2) is 14.3. The molecule has 226 valence electrons. The summed E-state index contributed by atoms with van der Waals surface area (Å²) < 4.78 is 0. The minimum atomic E-state index is 0.0741. The highest BCUT2D eigenvalue weighted by Gasteiger charge is 2.38. The maximum absolute atomic E-state index is 5.95. The first-order valence-electron chi connectivity index (χ1n) is 16.8. The molecule has 0 spiro atoms. The van der Waals surface area contributed by atoms with E-state index in [1.54, 1.807) is 0 Å². The molecule has 1 fully saturated rings. The lowest BCUT2D eigenvalue weighted by Gasteiger charge is -2.42. The second-order valence-electron chi connectivity index (χ2n) is 13.2. The third kappa shape index (κ3) is 7.35. The van der Waals surface area contributed by atoms with Gasteiger partial charge in [-0.15, -0.1) is 0 Å². The highest BCUT2D eigenvalue weighted by Crippen LogP contribution is 2.48. The van der Waals surface area contributed by atoms with Gasteiger partial charge in [-0.05, 0) is 89.2 Å². The zero-order valence-corrected chi connectivity index (χ0v) is 26.7. The average Bonchev–Trinajstić information content (AvgIpc) is 3.05. The Labute approximate surface area is 260 Å². The summed E-state index contributed by atoms with van der Waals surface area (Å²) in [5, 5.41) is 0. The Bertz CT molecular complexity index is 1300. The van der Waals surface area contributed by atoms with Gasteiger partial charge in [-0.1, -0.05) is 132 Å². The van der Waals surface area contributed by atoms with E-state index in [9.17, 15) is 0 Å². The van der Waals surface area contributed by atoms with Gasteiger partial charge in [-0.25, -0.2) is 0 Å². The molecule has 2 heteroatoms. The van der Waals surface area contributed by atoms with Gasteiger partial charge in [0.2, 0.25) is 0 Å². The Morgan fingerprint density at radius 3 is 1.33 bits per heavy atom. The fraction of sp³-hybridized carbons (Fsp3) is 0.415. The van der Waals surface area contributed by atoms with Crippen LogP contribution in [0.25, 0.3) is 0 Å². The van der Waals surface area contributed by atoms with Crippen molar-refractivity contribution >= 4 is 11.4 Å². The minimum Gasteiger partial charge on any atom is -0.399 e. The first kappa shape index (κ1) is 30.9. The molecular weight excluding hydrogens is 520 g/mol. The fourth-order valence-electron chi connectivity index (χ4n) is 7.38. The maximum atomic E-state index is 5.95. The molecule has 0 bridgehead atoms. The van der Waals surface area contributed by atoms with Crippen LogP contribution in [0.4, 0.5) is 11.4 Å². The van der Waals surface area contributed by atoms with Crippen LogP contribution >= 0.6 is 0 Å². The van der Waals surface area contributed by atoms with Crippen LogP contribution in [-0.4, -0.2) is 0 Å². The van der Waals surface area contributed by atoms with Crippen LogP contribution in [0.15, 0.2) is 97.1 Å². The van der Waals surface area contributed by atoms with E-state index in [0.717, 1.165) is 17.3 Å². The number of hydrogen-bond donors (Lipinski definition) is 2. The van der Waals surface area contributed by atoms with Gasteiger partial charge in [0, 0.05) is 28.6 Å². The lowest BCUT2D eigenvalue weighted by Crippen LogP contribution is -2.33. The molecule has 2 nitrogen and oxygen atoms in total. The van der Waals surface area contributed by atoms with Gasteiger partial charge >= 0.3 is 0 Å². The quantitative estimate of drug-likeness (QED) is 0.131. The highest BCUT2D eigenvalue weighted by atomic mass is 14.5. The molecule has 0 aliphatic heterocycles. The molecule has 4 aromatic rings. The van der Waals surface area contributed by atoms with Gasteiger partial charge in [0.15, 0.2) is 0 Å². The van der Waals surface area contributed by atoms with Crippen molar-refractivity contribution in [1.82, 2.24) is 0 Å². The van der Waals surface area contributed by atoms with E-state index in [-0.39, 0.29) is 5.41 Å². The van der Waals surface area contributed by atoms with E-state index in [1.165, 1.54) is 97.6 Å². The van der Waals surface area contributed by atoms with Crippen molar-refractivity contribution < 1.29 is 0 Å². The number of nitrogens with two attached hydrogens (primary N) is 2. The number of anilines is 2. The monoisotopic (exact) mass is 572 g/mol. The molecule has 0 saturated heterocycles. The second-order valence-corrected chi connectivity index (χ2v) is 13.2. The summed E-state index contributed by atoms with van der Waals surface area (Å²) >= 11 is 0. The van der Waals surface area contributed by atoms with Crippen molar-refractivity contribution in [2.75, 3.05) is 11.5 Å². The van der Waals surface area contributed by atoms with Gasteiger partial charge < -0.3 is 11.5 Å². The van der Waals surface area contributed by atoms with Gasteiger partial charge in [-0.3, -0.25) is 0 Å². The number of unbranched alkanes of at least 4 members (excludes halogenated alkanes) is 4. The molecule has 1 aliphatic rings. The molecule has 4 N–H and O–H groups in total. The van der Waals surface area contributed by atoms with E-state index in [4.69, 9.17) is 11.5 Å². The molecule has 43 heavy (non-hydrogen) atoms. The van der Waals surface area contributed by atoms with Crippen LogP contribution in [0.5, 0.6) is 0 Å². The average molecular weight is 573 g/mol. The molecule has 1 saturated carbocycles. The molecule has 0 amide bonds. The first-order chi connectivity index (χ1) is 20.9. The molecule has 0 radical (unpaired) electrons. The number of benzene rings is 4. The Morgan fingerprint density at radius 1 is 0.558 bits per heavy atom. The standard InChI is InChI=1S/C41H52N2/c1-4-5-6-7-8-9-32-26-28-41(29-27-32,37-18-10-33(11-19-37)30(2)35-14-22-39(42)23-15-35)38-20-12-34(13-21-38)31(3)36-16-24-40(43)25-17-36/h10-25,30-32H,4-9,26-29,42-43H2,1-3H3. The molecule has 0 aromatic heterocycles. The largest absolute Gasteiger partial charge is 0.399 e. The van der Waals surface area contributed by atoms with Gasteiger partial charge in [-0.2, -0.15) is 0 Å². The highest BCUT2D eigenvalue weighted by molar-refractivity contribution is 5.47. The fourth-order valence-corrected chi connectivity index (χ4v) is 7.38. The normalized spacial score (nSPS) is 20.0. The lowest BCUT2D eigenvalue weighted by atomic mass is 9.62. The number of rotatable bonds is 12. The van der Waals surface area contributed by atoms with Crippen LogP contribution in [0.3, 0.4) is 0 Å². The molecule has 2 atom stereocenters. The molecule has 1 aliphatic carbocycles. The minimum absolute atomic E-state index is 0.0741. The van der Waals surface area contributed by atoms with Crippen LogP contribution in [-0.2, 0) is 5.41 Å². The van der Waals surface area contributed by atoms with Crippen molar-refractivity contribution in [1.29, 1.82) is 0 Å². The summed E-state index contributed by atoms with van der Waals surface area (Å²) in [5.41, 5.74) is 21.9. The van der Waals surface area contributed by atoms with E-state index >= 15 is 0 Å². The third-order valence-corrected chi connectivity index (χ3v) is 10.5. The Hall–Kier alpha value is -3.52. The lowest BCUT2D eigenvalue weighted by molar-refractivity contribution is 0.250. The number of hydrogen-bond acceptors (Lipinski definition) is 2. The molecule has 4 aromatic carbocycles. The third-order valence-electron chi connectivity index (χ3n) is 10.5. The Kier molecular flexibility index (Phi) is 10.3. The first-order valence-corrected chi connectivity index (χ1v) is 16.8. The smallest absolute Gasteiger partial charge is 0.0314 e. The van der Waals surface area contributed by atoms with Gasteiger partial charge in [0.1, 0.15) is 0 Å². The Balaban J connectivity index is 1.38. The Morgan fingerprint density at radius 2 is 0.930 bits per heavy atom. The van der Waals surface area contributed by atoms with Gasteiger partial charge in [0.25, 0.3) is 0 Å². The van der Waals surface area contributed by atoms with E-state index < -0.39 is 0 Å². The van der Waals surface area contributed by atoms with Crippen LogP contribution in [0.2, 0.25) is 0 Å². The van der Waals surface area contributed by atoms with Crippen LogP contribution < -0.4 is 11.5 Å². The summed E-state index contributed by atoms with van der Waals surface area (Å²) in [4.78, 5) is 0. The van der Waals surface area contributed by atoms with Crippen LogP contribution in [0, 0.1) is 5.92 Å². The van der Waals surface area contributed by atoms with E-state index in [2.05, 4.69) is 93.6 Å². The van der Waals surface area contributed by atoms with Crippen molar-refractivity contribution in [2.45, 2.75) is 102 Å². The number of nitrogen functional groups attached to an aromatic ring is 2. The summed E-state index contributed by atoms with van der Waals surface area (Å²) in [5.74, 6) is 1.54. The zero-order valence-electron chi connectivity index (χ0n) is 26.7. The summed E-state index contributed by atoms with van der Waals surface area (Å²) in [6.07, 6.45) is 13.4. The predicted octanol–water partition coefficient (Wildman–Crippen LogP) is 11.0. The van der Waals surface area contributed by atoms with Gasteiger partial charge in [0.05, 0.1) is 0 Å². The molecule has 5 rings (SSSR count). The van der Waals surface area contributed by atoms with Crippen LogP contribution in [0.1, 0.15) is 130 Å². The predicted molar refractivity (Wildman–Crippen MR) is 186 cm³/mol. The van der Waals surface area contributed by atoms with E-state index in [1.807, 2.05) is 24.3 Å². The van der Waals surface area contributed by atoms with Crippen molar-refractivity contribution in [3.05, 3.63) is 130 Å². The van der Waals surface area contributed by atoms with Crippen molar-refractivity contribution in [3.8, 4) is 0 Å². The summed E-state index contributed by atoms with van der Waals surface area (Å²) in [6.45, 7) is 6.89. The molecule has 0 heterocycles. The topological polar surface area (TPSA) is 52.0 Å². The SMILES string of the molecule is CCCCCCCC1CCC(c2ccc(C(C)c3ccc(N)cc3)cc2)(c2ccc(C(C)c3ccc(N)cc3)cc2)CC1. The molecular formula is C41H52N2. The zero-order chi connectivity index (χ0) is 30.2. The van der Waals surface area contributed by atoms with E-state index in [0.29, 0.717) is 11.8 Å². The summed E-state index contributed by atoms with van der Waals surface area (Å²) in [6, 6.07) is 35.9. The van der Waals surface area contributed by atoms with Crippen molar-refractivity contribution in [3.63, 3.8) is 0 Å². The summed E-state index contributed by atoms with van der Waals surface area (Å²) in [7, 11) is 0. The molecule has 2 unspecified atom stereocenters. The van der Waals surface area contributed by atoms with Crippen molar-refractivity contribution in [2.24, 2.45) is 5.92 Å². The maximum Gasteiger partial charge on any atom is 0.0314 e.